The van der Waals surface area contributed by atoms with Gasteiger partial charge in [0.05, 0.1) is 0 Å². The zero-order chi connectivity index (χ0) is 11.4. The Balaban J connectivity index is 1.96. The Morgan fingerprint density at radius 2 is 2.44 bits per heavy atom. The third kappa shape index (κ3) is 2.64. The second kappa shape index (κ2) is 5.17. The molecule has 0 fully saturated rings. The summed E-state index contributed by atoms with van der Waals surface area (Å²) in [5.41, 5.74) is 4.20. The maximum Gasteiger partial charge on any atom is 0.0373 e. The molecule has 2 heteroatoms. The number of hydrogen-bond acceptors (Lipinski definition) is 2. The Kier molecular flexibility index (Phi) is 3.62. The van der Waals surface area contributed by atoms with Crippen LogP contribution < -0.4 is 10.6 Å². The second-order valence-corrected chi connectivity index (χ2v) is 4.47. The van der Waals surface area contributed by atoms with Gasteiger partial charge in [-0.15, -0.1) is 6.58 Å². The third-order valence-corrected chi connectivity index (χ3v) is 3.03. The van der Waals surface area contributed by atoms with Gasteiger partial charge in [0.1, 0.15) is 0 Å². The van der Waals surface area contributed by atoms with Crippen LogP contribution in [0.3, 0.4) is 0 Å². The van der Waals surface area contributed by atoms with Crippen LogP contribution in [0.15, 0.2) is 30.9 Å². The molecule has 1 aliphatic heterocycles. The van der Waals surface area contributed by atoms with Gasteiger partial charge in [0, 0.05) is 24.8 Å². The Labute approximate surface area is 97.8 Å². The first kappa shape index (κ1) is 11.2. The first-order valence-electron chi connectivity index (χ1n) is 5.99. The third-order valence-electron chi connectivity index (χ3n) is 3.03. The Bertz CT molecular complexity index is 371. The van der Waals surface area contributed by atoms with E-state index in [0.29, 0.717) is 6.04 Å². The van der Waals surface area contributed by atoms with Gasteiger partial charge in [0.2, 0.25) is 0 Å². The number of nitrogens with one attached hydrogen (secondary N) is 2. The summed E-state index contributed by atoms with van der Waals surface area (Å²) in [7, 11) is 0. The maximum absolute atomic E-state index is 3.72. The van der Waals surface area contributed by atoms with Crippen LogP contribution in [0.5, 0.6) is 0 Å². The highest BCUT2D eigenvalue weighted by atomic mass is 14.9. The lowest BCUT2D eigenvalue weighted by Crippen LogP contribution is -2.27. The molecule has 0 bridgehead atoms. The van der Waals surface area contributed by atoms with E-state index in [-0.39, 0.29) is 0 Å². The van der Waals surface area contributed by atoms with E-state index in [1.54, 1.807) is 0 Å². The van der Waals surface area contributed by atoms with Gasteiger partial charge in [-0.2, -0.15) is 0 Å². The van der Waals surface area contributed by atoms with Crippen LogP contribution >= 0.6 is 0 Å². The van der Waals surface area contributed by atoms with E-state index >= 15 is 0 Å². The molecule has 0 amide bonds. The van der Waals surface area contributed by atoms with Gasteiger partial charge in [-0.1, -0.05) is 18.2 Å². The minimum absolute atomic E-state index is 0.505. The Morgan fingerprint density at radius 3 is 3.25 bits per heavy atom. The number of hydrogen-bond donors (Lipinski definition) is 2. The van der Waals surface area contributed by atoms with Crippen molar-refractivity contribution in [2.45, 2.75) is 25.8 Å². The topological polar surface area (TPSA) is 24.1 Å². The molecular formula is C14H20N2. The summed E-state index contributed by atoms with van der Waals surface area (Å²) >= 11 is 0. The van der Waals surface area contributed by atoms with Crippen molar-refractivity contribution in [2.75, 3.05) is 18.4 Å². The molecule has 0 aliphatic carbocycles. The van der Waals surface area contributed by atoms with Gasteiger partial charge >= 0.3 is 0 Å². The van der Waals surface area contributed by atoms with Crippen molar-refractivity contribution in [3.05, 3.63) is 42.0 Å². The lowest BCUT2D eigenvalue weighted by molar-refractivity contribution is 0.581. The smallest absolute Gasteiger partial charge is 0.0373 e. The molecule has 86 valence electrons. The predicted molar refractivity (Wildman–Crippen MR) is 70.0 cm³/mol. The van der Waals surface area contributed by atoms with E-state index in [4.69, 9.17) is 0 Å². The normalized spacial score (nSPS) is 15.3. The van der Waals surface area contributed by atoms with Gasteiger partial charge in [-0.05, 0) is 37.0 Å². The van der Waals surface area contributed by atoms with Gasteiger partial charge in [0.25, 0.3) is 0 Å². The molecule has 1 aromatic rings. The van der Waals surface area contributed by atoms with E-state index in [9.17, 15) is 0 Å². The van der Waals surface area contributed by atoms with E-state index in [0.717, 1.165) is 25.9 Å². The fourth-order valence-electron chi connectivity index (χ4n) is 2.20. The molecule has 16 heavy (non-hydrogen) atoms. The van der Waals surface area contributed by atoms with E-state index in [1.165, 1.54) is 16.8 Å². The number of fused-ring (bicyclic) bond motifs is 1. The zero-order valence-corrected chi connectivity index (χ0v) is 9.92. The highest BCUT2D eigenvalue weighted by Gasteiger charge is 2.10. The Hall–Kier alpha value is -1.28. The van der Waals surface area contributed by atoms with E-state index in [1.807, 2.05) is 6.08 Å². The average Bonchev–Trinajstić information content (AvgIpc) is 2.73. The van der Waals surface area contributed by atoms with Gasteiger partial charge in [-0.25, -0.2) is 0 Å². The quantitative estimate of drug-likeness (QED) is 0.738. The summed E-state index contributed by atoms with van der Waals surface area (Å²) < 4.78 is 0. The number of rotatable bonds is 5. The molecule has 0 aromatic heterocycles. The molecule has 1 aliphatic rings. The fourth-order valence-corrected chi connectivity index (χ4v) is 2.20. The summed E-state index contributed by atoms with van der Waals surface area (Å²) in [6.07, 6.45) is 4.15. The van der Waals surface area contributed by atoms with Crippen LogP contribution in [0, 0.1) is 0 Å². The zero-order valence-electron chi connectivity index (χ0n) is 9.92. The largest absolute Gasteiger partial charge is 0.384 e. The molecule has 2 N–H and O–H groups in total. The van der Waals surface area contributed by atoms with E-state index in [2.05, 4.69) is 42.3 Å². The minimum atomic E-state index is 0.505. The molecular weight excluding hydrogens is 196 g/mol. The van der Waals surface area contributed by atoms with Gasteiger partial charge in [0.15, 0.2) is 0 Å². The summed E-state index contributed by atoms with van der Waals surface area (Å²) in [4.78, 5) is 0. The van der Waals surface area contributed by atoms with Crippen molar-refractivity contribution in [1.29, 1.82) is 0 Å². The van der Waals surface area contributed by atoms with Crippen molar-refractivity contribution in [2.24, 2.45) is 0 Å². The molecule has 0 saturated heterocycles. The van der Waals surface area contributed by atoms with Crippen LogP contribution in [-0.4, -0.2) is 19.1 Å². The monoisotopic (exact) mass is 216 g/mol. The van der Waals surface area contributed by atoms with Crippen molar-refractivity contribution in [1.82, 2.24) is 5.32 Å². The SMILES string of the molecule is C=CCNC(C)Cc1ccc2c(c1)CCN2. The van der Waals surface area contributed by atoms with Gasteiger partial charge in [-0.3, -0.25) is 0 Å². The predicted octanol–water partition coefficient (Wildman–Crippen LogP) is 2.36. The molecule has 1 aromatic carbocycles. The van der Waals surface area contributed by atoms with Crippen LogP contribution in [0.4, 0.5) is 5.69 Å². The molecule has 2 rings (SSSR count). The first-order chi connectivity index (χ1) is 7.79. The highest BCUT2D eigenvalue weighted by molar-refractivity contribution is 5.56. The Morgan fingerprint density at radius 1 is 1.56 bits per heavy atom. The summed E-state index contributed by atoms with van der Waals surface area (Å²) in [6.45, 7) is 7.90. The summed E-state index contributed by atoms with van der Waals surface area (Å²) in [5.74, 6) is 0. The molecule has 0 spiro atoms. The standard InChI is InChI=1S/C14H20N2/c1-3-7-15-11(2)9-12-4-5-14-13(10-12)6-8-16-14/h3-5,10-11,15-16H,1,6-9H2,2H3. The second-order valence-electron chi connectivity index (χ2n) is 4.47. The average molecular weight is 216 g/mol. The van der Waals surface area contributed by atoms with Crippen LogP contribution in [0.25, 0.3) is 0 Å². The molecule has 0 saturated carbocycles. The molecule has 0 radical (unpaired) electrons. The molecule has 1 heterocycles. The summed E-state index contributed by atoms with van der Waals surface area (Å²) in [6, 6.07) is 7.27. The van der Waals surface area contributed by atoms with Crippen molar-refractivity contribution in [3.63, 3.8) is 0 Å². The van der Waals surface area contributed by atoms with E-state index < -0.39 is 0 Å². The van der Waals surface area contributed by atoms with Gasteiger partial charge < -0.3 is 10.6 Å². The molecule has 1 atom stereocenters. The number of anilines is 1. The minimum Gasteiger partial charge on any atom is -0.384 e. The summed E-state index contributed by atoms with van der Waals surface area (Å²) in [5, 5.41) is 6.80. The first-order valence-corrected chi connectivity index (χ1v) is 5.99. The fraction of sp³-hybridized carbons (Fsp3) is 0.429. The molecule has 2 nitrogen and oxygen atoms in total. The lowest BCUT2D eigenvalue weighted by Gasteiger charge is -2.13. The molecule has 1 unspecified atom stereocenters. The van der Waals surface area contributed by atoms with Crippen LogP contribution in [0.2, 0.25) is 0 Å². The van der Waals surface area contributed by atoms with Crippen molar-refractivity contribution < 1.29 is 0 Å². The van der Waals surface area contributed by atoms with Crippen LogP contribution in [0.1, 0.15) is 18.1 Å². The van der Waals surface area contributed by atoms with Crippen molar-refractivity contribution in [3.8, 4) is 0 Å². The van der Waals surface area contributed by atoms with Crippen LogP contribution in [-0.2, 0) is 12.8 Å². The van der Waals surface area contributed by atoms with Crippen molar-refractivity contribution >= 4 is 5.69 Å². The maximum atomic E-state index is 3.72. The lowest BCUT2D eigenvalue weighted by atomic mass is 10.0. The highest BCUT2D eigenvalue weighted by Crippen LogP contribution is 2.23. The number of benzene rings is 1.